The standard InChI is InChI=1S/C30H35N3O/c1-23-9-8-14-26(32-23)22-33-19-16-30(17-20-33)21-28(30)29(34)31-18-15-27(24-10-4-2-5-11-24)25-12-6-3-7-13-25/h2-14,27-28H,15-22H2,1H3,(H,31,34). The summed E-state index contributed by atoms with van der Waals surface area (Å²) >= 11 is 0. The summed E-state index contributed by atoms with van der Waals surface area (Å²) in [6.45, 7) is 5.79. The molecule has 0 radical (unpaired) electrons. The van der Waals surface area contributed by atoms with Crippen molar-refractivity contribution in [2.45, 2.75) is 45.1 Å². The van der Waals surface area contributed by atoms with Crippen molar-refractivity contribution in [2.75, 3.05) is 19.6 Å². The second-order valence-corrected chi connectivity index (χ2v) is 10.1. The summed E-state index contributed by atoms with van der Waals surface area (Å²) in [5.74, 6) is 0.752. The van der Waals surface area contributed by atoms with Crippen LogP contribution in [0.25, 0.3) is 0 Å². The first kappa shape index (κ1) is 22.8. The van der Waals surface area contributed by atoms with Crippen molar-refractivity contribution in [3.8, 4) is 0 Å². The number of carbonyl (C=O) groups is 1. The Morgan fingerprint density at radius 1 is 0.971 bits per heavy atom. The first-order valence-corrected chi connectivity index (χ1v) is 12.7. The molecular formula is C30H35N3O. The van der Waals surface area contributed by atoms with E-state index in [2.05, 4.69) is 88.0 Å². The Labute approximate surface area is 203 Å². The Hall–Kier alpha value is -2.98. The Morgan fingerprint density at radius 3 is 2.24 bits per heavy atom. The number of amides is 1. The molecule has 176 valence electrons. The van der Waals surface area contributed by atoms with Crippen molar-refractivity contribution < 1.29 is 4.79 Å². The van der Waals surface area contributed by atoms with Crippen LogP contribution in [0.3, 0.4) is 0 Å². The molecule has 1 spiro atoms. The Kier molecular flexibility index (Phi) is 6.77. The van der Waals surface area contributed by atoms with Crippen molar-refractivity contribution in [2.24, 2.45) is 11.3 Å². The molecule has 1 saturated carbocycles. The van der Waals surface area contributed by atoms with Gasteiger partial charge in [-0.2, -0.15) is 0 Å². The van der Waals surface area contributed by atoms with Crippen molar-refractivity contribution in [1.29, 1.82) is 0 Å². The zero-order valence-electron chi connectivity index (χ0n) is 20.1. The van der Waals surface area contributed by atoms with Crippen molar-refractivity contribution >= 4 is 5.91 Å². The molecule has 1 N–H and O–H groups in total. The van der Waals surface area contributed by atoms with E-state index >= 15 is 0 Å². The highest BCUT2D eigenvalue weighted by molar-refractivity contribution is 5.82. The molecule has 4 heteroatoms. The van der Waals surface area contributed by atoms with Crippen LogP contribution in [0, 0.1) is 18.3 Å². The van der Waals surface area contributed by atoms with Crippen LogP contribution in [0.2, 0.25) is 0 Å². The first-order valence-electron chi connectivity index (χ1n) is 12.7. The van der Waals surface area contributed by atoms with E-state index in [0.29, 0.717) is 12.5 Å². The maximum atomic E-state index is 13.0. The molecule has 2 heterocycles. The number of pyridine rings is 1. The van der Waals surface area contributed by atoms with Gasteiger partial charge < -0.3 is 5.32 Å². The molecule has 2 aliphatic rings. The fourth-order valence-corrected chi connectivity index (χ4v) is 5.70. The van der Waals surface area contributed by atoms with Crippen LogP contribution < -0.4 is 5.32 Å². The lowest BCUT2D eigenvalue weighted by Gasteiger charge is -2.32. The molecule has 34 heavy (non-hydrogen) atoms. The normalized spacial score (nSPS) is 19.3. The number of aryl methyl sites for hydroxylation is 1. The van der Waals surface area contributed by atoms with Crippen LogP contribution in [0.15, 0.2) is 78.9 Å². The number of carbonyl (C=O) groups excluding carboxylic acids is 1. The molecule has 1 saturated heterocycles. The summed E-state index contributed by atoms with van der Waals surface area (Å²) < 4.78 is 0. The van der Waals surface area contributed by atoms with Gasteiger partial charge in [-0.05, 0) is 74.4 Å². The minimum absolute atomic E-state index is 0.193. The number of benzene rings is 2. The summed E-state index contributed by atoms with van der Waals surface area (Å²) in [4.78, 5) is 20.1. The largest absolute Gasteiger partial charge is 0.356 e. The SMILES string of the molecule is Cc1cccc(CN2CCC3(CC2)CC3C(=O)NCCC(c2ccccc2)c2ccccc2)n1. The van der Waals surface area contributed by atoms with Crippen LogP contribution in [0.1, 0.15) is 54.1 Å². The highest BCUT2D eigenvalue weighted by Gasteiger charge is 2.58. The third kappa shape index (κ3) is 5.23. The molecular weight excluding hydrogens is 418 g/mol. The molecule has 2 aromatic carbocycles. The second kappa shape index (κ2) is 10.1. The van der Waals surface area contributed by atoms with Crippen molar-refractivity contribution in [3.05, 3.63) is 101 Å². The fraction of sp³-hybridized carbons (Fsp3) is 0.400. The molecule has 1 aliphatic carbocycles. The Morgan fingerprint density at radius 2 is 1.62 bits per heavy atom. The third-order valence-electron chi connectivity index (χ3n) is 7.83. The number of rotatable bonds is 8. The molecule has 4 nitrogen and oxygen atoms in total. The van der Waals surface area contributed by atoms with Gasteiger partial charge in [-0.1, -0.05) is 66.7 Å². The van der Waals surface area contributed by atoms with E-state index in [1.807, 2.05) is 13.0 Å². The van der Waals surface area contributed by atoms with Gasteiger partial charge in [0.05, 0.1) is 5.69 Å². The predicted octanol–water partition coefficient (Wildman–Crippen LogP) is 5.33. The summed E-state index contributed by atoms with van der Waals surface area (Å²) in [6.07, 6.45) is 4.20. The quantitative estimate of drug-likeness (QED) is 0.501. The van der Waals surface area contributed by atoms with E-state index < -0.39 is 0 Å². The van der Waals surface area contributed by atoms with Crippen LogP contribution in [-0.2, 0) is 11.3 Å². The molecule has 1 aliphatic heterocycles. The molecule has 2 fully saturated rings. The third-order valence-corrected chi connectivity index (χ3v) is 7.83. The molecule has 1 unspecified atom stereocenters. The van der Waals surface area contributed by atoms with E-state index in [9.17, 15) is 4.79 Å². The van der Waals surface area contributed by atoms with E-state index in [1.165, 1.54) is 11.1 Å². The lowest BCUT2D eigenvalue weighted by atomic mass is 9.88. The lowest BCUT2D eigenvalue weighted by Crippen LogP contribution is -2.37. The Bertz CT molecular complexity index is 1050. The molecule has 5 rings (SSSR count). The van der Waals surface area contributed by atoms with E-state index in [0.717, 1.165) is 56.7 Å². The number of nitrogens with one attached hydrogen (secondary N) is 1. The van der Waals surface area contributed by atoms with Crippen LogP contribution >= 0.6 is 0 Å². The minimum atomic E-state index is 0.193. The van der Waals surface area contributed by atoms with Gasteiger partial charge in [-0.25, -0.2) is 0 Å². The van der Waals surface area contributed by atoms with Gasteiger partial charge in [0.2, 0.25) is 5.91 Å². The van der Waals surface area contributed by atoms with Crippen LogP contribution in [0.4, 0.5) is 0 Å². The highest BCUT2D eigenvalue weighted by Crippen LogP contribution is 2.59. The summed E-state index contributed by atoms with van der Waals surface area (Å²) in [5, 5.41) is 3.28. The van der Waals surface area contributed by atoms with E-state index in [4.69, 9.17) is 0 Å². The van der Waals surface area contributed by atoms with Crippen molar-refractivity contribution in [3.63, 3.8) is 0 Å². The van der Waals surface area contributed by atoms with Gasteiger partial charge in [-0.15, -0.1) is 0 Å². The summed E-state index contributed by atoms with van der Waals surface area (Å²) in [7, 11) is 0. The zero-order valence-corrected chi connectivity index (χ0v) is 20.1. The van der Waals surface area contributed by atoms with Gasteiger partial charge >= 0.3 is 0 Å². The van der Waals surface area contributed by atoms with Gasteiger partial charge in [-0.3, -0.25) is 14.7 Å². The van der Waals surface area contributed by atoms with Gasteiger partial charge in [0, 0.05) is 30.6 Å². The minimum Gasteiger partial charge on any atom is -0.356 e. The molecule has 0 bridgehead atoms. The topological polar surface area (TPSA) is 45.2 Å². The smallest absolute Gasteiger partial charge is 0.223 e. The van der Waals surface area contributed by atoms with Gasteiger partial charge in [0.15, 0.2) is 0 Å². The maximum absolute atomic E-state index is 13.0. The van der Waals surface area contributed by atoms with Crippen LogP contribution in [-0.4, -0.2) is 35.4 Å². The molecule has 1 aromatic heterocycles. The number of hydrogen-bond acceptors (Lipinski definition) is 3. The van der Waals surface area contributed by atoms with Crippen molar-refractivity contribution in [1.82, 2.24) is 15.2 Å². The fourth-order valence-electron chi connectivity index (χ4n) is 5.70. The predicted molar refractivity (Wildman–Crippen MR) is 136 cm³/mol. The number of piperidine rings is 1. The second-order valence-electron chi connectivity index (χ2n) is 10.1. The number of nitrogens with zero attached hydrogens (tertiary/aromatic N) is 2. The van der Waals surface area contributed by atoms with Crippen LogP contribution in [0.5, 0.6) is 0 Å². The average molecular weight is 454 g/mol. The van der Waals surface area contributed by atoms with E-state index in [-0.39, 0.29) is 17.2 Å². The number of aromatic nitrogens is 1. The first-order chi connectivity index (χ1) is 16.6. The highest BCUT2D eigenvalue weighted by atomic mass is 16.2. The summed E-state index contributed by atoms with van der Waals surface area (Å²) in [5.41, 5.74) is 5.07. The monoisotopic (exact) mass is 453 g/mol. The number of hydrogen-bond donors (Lipinski definition) is 1. The molecule has 1 amide bonds. The van der Waals surface area contributed by atoms with E-state index in [1.54, 1.807) is 0 Å². The molecule has 3 aromatic rings. The average Bonchev–Trinajstić information content (AvgIpc) is 3.58. The molecule has 1 atom stereocenters. The van der Waals surface area contributed by atoms with Gasteiger partial charge in [0.1, 0.15) is 0 Å². The maximum Gasteiger partial charge on any atom is 0.223 e. The summed E-state index contributed by atoms with van der Waals surface area (Å²) in [6, 6.07) is 27.5. The lowest BCUT2D eigenvalue weighted by molar-refractivity contribution is -0.123. The Balaban J connectivity index is 1.11. The zero-order chi connectivity index (χ0) is 23.4. The number of likely N-dealkylation sites (tertiary alicyclic amines) is 1. The van der Waals surface area contributed by atoms with Gasteiger partial charge in [0.25, 0.3) is 0 Å².